The van der Waals surface area contributed by atoms with Gasteiger partial charge in [0.05, 0.1) is 20.7 Å². The second kappa shape index (κ2) is 6.80. The Morgan fingerprint density at radius 3 is 2.50 bits per heavy atom. The van der Waals surface area contributed by atoms with Crippen LogP contribution in [0.4, 0.5) is 0 Å². The lowest BCUT2D eigenvalue weighted by atomic mass is 10.2. The first-order chi connectivity index (χ1) is 10.4. The van der Waals surface area contributed by atoms with Crippen LogP contribution in [0.25, 0.3) is 0 Å². The molecule has 8 heteroatoms. The van der Waals surface area contributed by atoms with E-state index in [2.05, 4.69) is 42.4 Å². The maximum absolute atomic E-state index is 11.8. The van der Waals surface area contributed by atoms with E-state index >= 15 is 0 Å². The topological polar surface area (TPSA) is 102 Å². The Morgan fingerprint density at radius 2 is 1.82 bits per heavy atom. The molecule has 1 amide bonds. The number of amides is 1. The maximum Gasteiger partial charge on any atom is 0.275 e. The number of hydrogen-bond acceptors (Lipinski definition) is 5. The van der Waals surface area contributed by atoms with Crippen LogP contribution in [0.2, 0.25) is 0 Å². The van der Waals surface area contributed by atoms with Crippen molar-refractivity contribution in [3.63, 3.8) is 0 Å². The molecule has 0 atom stereocenters. The van der Waals surface area contributed by atoms with Gasteiger partial charge in [-0.1, -0.05) is 12.1 Å². The van der Waals surface area contributed by atoms with Crippen LogP contribution in [-0.2, 0) is 0 Å². The molecule has 0 unspecified atom stereocenters. The highest BCUT2D eigenvalue weighted by molar-refractivity contribution is 9.11. The summed E-state index contributed by atoms with van der Waals surface area (Å²) in [6.07, 6.45) is 1.28. The number of carbonyl (C=O) groups is 1. The van der Waals surface area contributed by atoms with Crippen LogP contribution < -0.4 is 5.43 Å². The molecular formula is C14H10Br2N2O4. The summed E-state index contributed by atoms with van der Waals surface area (Å²) >= 11 is 6.20. The van der Waals surface area contributed by atoms with Crippen LogP contribution in [0.1, 0.15) is 15.9 Å². The van der Waals surface area contributed by atoms with Gasteiger partial charge in [0.25, 0.3) is 5.91 Å². The predicted octanol–water partition coefficient (Wildman–Crippen LogP) is 3.09. The van der Waals surface area contributed by atoms with Crippen LogP contribution in [0, 0.1) is 0 Å². The molecule has 0 heterocycles. The minimum atomic E-state index is -0.576. The molecule has 22 heavy (non-hydrogen) atoms. The number of nitrogens with zero attached hydrogens (tertiary/aromatic N) is 1. The summed E-state index contributed by atoms with van der Waals surface area (Å²) in [6, 6.07) is 7.57. The molecular weight excluding hydrogens is 420 g/mol. The van der Waals surface area contributed by atoms with E-state index in [4.69, 9.17) is 0 Å². The summed E-state index contributed by atoms with van der Waals surface area (Å²) < 4.78 is 0.510. The summed E-state index contributed by atoms with van der Waals surface area (Å²) in [5.41, 5.74) is 2.78. The molecule has 0 bridgehead atoms. The number of phenols is 3. The Hall–Kier alpha value is -2.06. The quantitative estimate of drug-likeness (QED) is 0.342. The molecule has 6 nitrogen and oxygen atoms in total. The van der Waals surface area contributed by atoms with Gasteiger partial charge in [-0.2, -0.15) is 5.10 Å². The molecule has 0 spiro atoms. The van der Waals surface area contributed by atoms with Crippen LogP contribution >= 0.6 is 31.9 Å². The monoisotopic (exact) mass is 428 g/mol. The number of phenolic OH excluding ortho intramolecular Hbond substituents is 3. The van der Waals surface area contributed by atoms with Crippen molar-refractivity contribution in [2.75, 3.05) is 0 Å². The molecule has 4 N–H and O–H groups in total. The standard InChI is InChI=1S/C14H10Br2N2O4/c15-9-5-7(11(16)13(21)12(9)20)6-17-18-14(22)8-3-1-2-4-10(8)19/h1-6,19-21H,(H,18,22)/b17-6+. The van der Waals surface area contributed by atoms with Gasteiger partial charge in [0.2, 0.25) is 0 Å². The molecule has 2 aromatic rings. The van der Waals surface area contributed by atoms with Gasteiger partial charge >= 0.3 is 0 Å². The van der Waals surface area contributed by atoms with Crippen molar-refractivity contribution in [2.45, 2.75) is 0 Å². The van der Waals surface area contributed by atoms with Crippen molar-refractivity contribution in [3.05, 3.63) is 50.4 Å². The van der Waals surface area contributed by atoms with Gasteiger partial charge in [-0.15, -0.1) is 0 Å². The van der Waals surface area contributed by atoms with Crippen molar-refractivity contribution < 1.29 is 20.1 Å². The average molecular weight is 430 g/mol. The zero-order chi connectivity index (χ0) is 16.3. The second-order valence-electron chi connectivity index (χ2n) is 4.18. The zero-order valence-corrected chi connectivity index (χ0v) is 14.1. The summed E-state index contributed by atoms with van der Waals surface area (Å²) in [7, 11) is 0. The highest BCUT2D eigenvalue weighted by Crippen LogP contribution is 2.40. The normalized spacial score (nSPS) is 10.8. The molecule has 0 aromatic heterocycles. The average Bonchev–Trinajstić information content (AvgIpc) is 2.50. The molecule has 0 aliphatic rings. The summed E-state index contributed by atoms with van der Waals surface area (Å²) in [4.78, 5) is 11.8. The maximum atomic E-state index is 11.8. The first-order valence-electron chi connectivity index (χ1n) is 5.93. The lowest BCUT2D eigenvalue weighted by Gasteiger charge is -2.06. The van der Waals surface area contributed by atoms with E-state index in [1.807, 2.05) is 0 Å². The van der Waals surface area contributed by atoms with E-state index in [-0.39, 0.29) is 31.8 Å². The number of halogens is 2. The molecule has 2 aromatic carbocycles. The van der Waals surface area contributed by atoms with Crippen molar-refractivity contribution in [1.82, 2.24) is 5.43 Å². The number of hydrazone groups is 1. The van der Waals surface area contributed by atoms with E-state index in [9.17, 15) is 20.1 Å². The third-order valence-corrected chi connectivity index (χ3v) is 4.15. The number of carbonyl (C=O) groups excluding carboxylic acids is 1. The van der Waals surface area contributed by atoms with E-state index in [0.717, 1.165) is 0 Å². The van der Waals surface area contributed by atoms with Crippen molar-refractivity contribution in [2.24, 2.45) is 5.10 Å². The van der Waals surface area contributed by atoms with Gasteiger partial charge < -0.3 is 15.3 Å². The molecule has 0 aliphatic heterocycles. The Balaban J connectivity index is 2.17. The molecule has 0 saturated heterocycles. The lowest BCUT2D eigenvalue weighted by molar-refractivity contribution is 0.0952. The van der Waals surface area contributed by atoms with Crippen LogP contribution in [0.15, 0.2) is 44.4 Å². The third-order valence-electron chi connectivity index (χ3n) is 2.71. The number of rotatable bonds is 3. The number of hydrogen-bond donors (Lipinski definition) is 4. The predicted molar refractivity (Wildman–Crippen MR) is 88.3 cm³/mol. The first-order valence-corrected chi connectivity index (χ1v) is 7.51. The number of benzene rings is 2. The van der Waals surface area contributed by atoms with Crippen LogP contribution in [0.3, 0.4) is 0 Å². The SMILES string of the molecule is O=C(N/N=C/c1cc(Br)c(O)c(O)c1Br)c1ccccc1O. The summed E-state index contributed by atoms with van der Waals surface area (Å²) in [5.74, 6) is -1.38. The van der Waals surface area contributed by atoms with Gasteiger partial charge in [-0.3, -0.25) is 4.79 Å². The molecule has 0 saturated carbocycles. The van der Waals surface area contributed by atoms with Gasteiger partial charge in [0.15, 0.2) is 11.5 Å². The fourth-order valence-corrected chi connectivity index (χ4v) is 2.44. The first kappa shape index (κ1) is 16.3. The Bertz CT molecular complexity index is 763. The summed E-state index contributed by atoms with van der Waals surface area (Å²) in [5, 5.41) is 32.5. The largest absolute Gasteiger partial charge is 0.507 e. The van der Waals surface area contributed by atoms with Crippen molar-refractivity contribution in [1.29, 1.82) is 0 Å². The number of para-hydroxylation sites is 1. The van der Waals surface area contributed by atoms with E-state index in [0.29, 0.717) is 5.56 Å². The van der Waals surface area contributed by atoms with E-state index < -0.39 is 5.91 Å². The molecule has 0 fully saturated rings. The molecule has 2 rings (SSSR count). The second-order valence-corrected chi connectivity index (χ2v) is 5.82. The fourth-order valence-electron chi connectivity index (χ4n) is 1.60. The van der Waals surface area contributed by atoms with Crippen molar-refractivity contribution in [3.8, 4) is 17.2 Å². The zero-order valence-electron chi connectivity index (χ0n) is 10.9. The highest BCUT2D eigenvalue weighted by atomic mass is 79.9. The van der Waals surface area contributed by atoms with Crippen molar-refractivity contribution >= 4 is 44.0 Å². The minimum Gasteiger partial charge on any atom is -0.507 e. The molecule has 0 radical (unpaired) electrons. The van der Waals surface area contributed by atoms with Gasteiger partial charge in [-0.05, 0) is 50.1 Å². The lowest BCUT2D eigenvalue weighted by Crippen LogP contribution is -2.17. The molecule has 114 valence electrons. The Labute approximate surface area is 142 Å². The molecule has 0 aliphatic carbocycles. The van der Waals surface area contributed by atoms with E-state index in [1.165, 1.54) is 24.4 Å². The van der Waals surface area contributed by atoms with Crippen LogP contribution in [0.5, 0.6) is 17.2 Å². The van der Waals surface area contributed by atoms with Gasteiger partial charge in [-0.25, -0.2) is 5.43 Å². The Morgan fingerprint density at radius 1 is 1.14 bits per heavy atom. The number of aromatic hydroxyl groups is 3. The minimum absolute atomic E-state index is 0.0912. The fraction of sp³-hybridized carbons (Fsp3) is 0. The summed E-state index contributed by atoms with van der Waals surface area (Å²) in [6.45, 7) is 0. The van der Waals surface area contributed by atoms with Crippen LogP contribution in [-0.4, -0.2) is 27.4 Å². The smallest absolute Gasteiger partial charge is 0.275 e. The Kier molecular flexibility index (Phi) is 5.04. The van der Waals surface area contributed by atoms with Gasteiger partial charge in [0.1, 0.15) is 5.75 Å². The number of nitrogens with one attached hydrogen (secondary N) is 1. The highest BCUT2D eigenvalue weighted by Gasteiger charge is 2.13. The third kappa shape index (κ3) is 3.40. The van der Waals surface area contributed by atoms with Gasteiger partial charge in [0, 0.05) is 5.56 Å². The van der Waals surface area contributed by atoms with E-state index in [1.54, 1.807) is 12.1 Å².